The zero-order valence-corrected chi connectivity index (χ0v) is 19.4. The molecule has 0 radical (unpaired) electrons. The molecule has 1 aromatic rings. The van der Waals surface area contributed by atoms with Crippen molar-refractivity contribution in [1.29, 1.82) is 5.26 Å². The Morgan fingerprint density at radius 1 is 1.22 bits per heavy atom. The highest BCUT2D eigenvalue weighted by Crippen LogP contribution is 2.23. The van der Waals surface area contributed by atoms with Crippen molar-refractivity contribution in [3.05, 3.63) is 35.4 Å². The van der Waals surface area contributed by atoms with Crippen molar-refractivity contribution in [3.63, 3.8) is 0 Å². The van der Waals surface area contributed by atoms with Crippen LogP contribution in [0.3, 0.4) is 0 Å². The van der Waals surface area contributed by atoms with E-state index in [2.05, 4.69) is 16.6 Å². The minimum absolute atomic E-state index is 0.345. The maximum absolute atomic E-state index is 13.2. The van der Waals surface area contributed by atoms with Gasteiger partial charge in [-0.3, -0.25) is 9.59 Å². The fraction of sp³-hybridized carbons (Fsp3) is 0.500. The Balaban J connectivity index is 3.22. The number of hydrogen-bond acceptors (Lipinski definition) is 5. The smallest absolute Gasteiger partial charge is 0.408 e. The zero-order valence-electron chi connectivity index (χ0n) is 19.4. The summed E-state index contributed by atoms with van der Waals surface area (Å²) >= 11 is 0. The number of ether oxygens (including phenoxy) is 1. The summed E-state index contributed by atoms with van der Waals surface area (Å²) < 4.78 is 5.20. The van der Waals surface area contributed by atoms with Gasteiger partial charge in [0.05, 0.1) is 6.07 Å². The molecule has 32 heavy (non-hydrogen) atoms. The van der Waals surface area contributed by atoms with Crippen LogP contribution in [0.15, 0.2) is 24.3 Å². The number of carbonyl (C=O) groups is 3. The summed E-state index contributed by atoms with van der Waals surface area (Å²) in [7, 11) is 0. The molecule has 172 valence electrons. The maximum Gasteiger partial charge on any atom is 0.408 e. The molecule has 0 heterocycles. The predicted molar refractivity (Wildman–Crippen MR) is 121 cm³/mol. The predicted octanol–water partition coefficient (Wildman–Crippen LogP) is 2.89. The SMILES string of the molecule is C#Cc1ccc(C(C(=O)NCCCC)N(CC#N)C(=O)C(C)NC(=O)OC(C)(C)C)cc1. The number of nitrogens with one attached hydrogen (secondary N) is 2. The number of terminal acetylenes is 1. The summed E-state index contributed by atoms with van der Waals surface area (Å²) in [6.07, 6.45) is 6.31. The summed E-state index contributed by atoms with van der Waals surface area (Å²) in [5.74, 6) is 1.50. The van der Waals surface area contributed by atoms with Gasteiger partial charge in [0.15, 0.2) is 0 Å². The number of nitrogens with zero attached hydrogens (tertiary/aromatic N) is 2. The van der Waals surface area contributed by atoms with Crippen LogP contribution in [0, 0.1) is 23.7 Å². The summed E-state index contributed by atoms with van der Waals surface area (Å²) in [6, 6.07) is 6.50. The van der Waals surface area contributed by atoms with Crippen molar-refractivity contribution in [1.82, 2.24) is 15.5 Å². The lowest BCUT2D eigenvalue weighted by Gasteiger charge is -2.32. The molecule has 1 rings (SSSR count). The third-order valence-electron chi connectivity index (χ3n) is 4.41. The van der Waals surface area contributed by atoms with Gasteiger partial charge < -0.3 is 20.3 Å². The zero-order chi connectivity index (χ0) is 24.3. The lowest BCUT2D eigenvalue weighted by molar-refractivity contribution is -0.141. The molecule has 8 nitrogen and oxygen atoms in total. The third kappa shape index (κ3) is 8.31. The van der Waals surface area contributed by atoms with Crippen LogP contribution in [0.5, 0.6) is 0 Å². The molecule has 0 aliphatic rings. The highest BCUT2D eigenvalue weighted by Gasteiger charge is 2.34. The Morgan fingerprint density at radius 2 is 1.84 bits per heavy atom. The van der Waals surface area contributed by atoms with Crippen LogP contribution in [-0.2, 0) is 14.3 Å². The molecule has 0 fully saturated rings. The lowest BCUT2D eigenvalue weighted by Crippen LogP contribution is -2.52. The first-order chi connectivity index (χ1) is 15.0. The van der Waals surface area contributed by atoms with Gasteiger partial charge in [0.2, 0.25) is 11.8 Å². The number of benzene rings is 1. The monoisotopic (exact) mass is 440 g/mol. The first-order valence-corrected chi connectivity index (χ1v) is 10.5. The van der Waals surface area contributed by atoms with Crippen LogP contribution < -0.4 is 10.6 Å². The fourth-order valence-corrected chi connectivity index (χ4v) is 2.89. The standard InChI is InChI=1S/C24H32N4O4/c1-7-9-15-26-21(29)20(19-12-10-18(8-2)11-13-19)28(16-14-25)22(30)17(3)27-23(31)32-24(4,5)6/h2,10-13,17,20H,7,9,15-16H2,1,3-6H3,(H,26,29)(H,27,31). The molecule has 0 bridgehead atoms. The Labute approximate surface area is 190 Å². The van der Waals surface area contributed by atoms with E-state index in [1.54, 1.807) is 45.0 Å². The first-order valence-electron chi connectivity index (χ1n) is 10.5. The largest absolute Gasteiger partial charge is 0.444 e. The van der Waals surface area contributed by atoms with E-state index in [1.807, 2.05) is 13.0 Å². The van der Waals surface area contributed by atoms with Gasteiger partial charge in [-0.1, -0.05) is 31.4 Å². The highest BCUT2D eigenvalue weighted by atomic mass is 16.6. The van der Waals surface area contributed by atoms with Gasteiger partial charge in [0.1, 0.15) is 24.2 Å². The number of carbonyl (C=O) groups excluding carboxylic acids is 3. The lowest BCUT2D eigenvalue weighted by atomic mass is 10.0. The van der Waals surface area contributed by atoms with Gasteiger partial charge in [0, 0.05) is 12.1 Å². The quantitative estimate of drug-likeness (QED) is 0.348. The second-order valence-electron chi connectivity index (χ2n) is 8.31. The average molecular weight is 441 g/mol. The van der Waals surface area contributed by atoms with Gasteiger partial charge >= 0.3 is 6.09 Å². The number of amides is 3. The molecule has 2 N–H and O–H groups in total. The highest BCUT2D eigenvalue weighted by molar-refractivity contribution is 5.92. The molecule has 8 heteroatoms. The topological polar surface area (TPSA) is 112 Å². The van der Waals surface area contributed by atoms with E-state index in [0.717, 1.165) is 17.7 Å². The molecule has 0 spiro atoms. The van der Waals surface area contributed by atoms with E-state index in [1.165, 1.54) is 6.92 Å². The van der Waals surface area contributed by atoms with E-state index in [-0.39, 0.29) is 6.54 Å². The Morgan fingerprint density at radius 3 is 2.34 bits per heavy atom. The van der Waals surface area contributed by atoms with Gasteiger partial charge in [-0.2, -0.15) is 5.26 Å². The van der Waals surface area contributed by atoms with Crippen LogP contribution in [0.4, 0.5) is 4.79 Å². The van der Waals surface area contributed by atoms with E-state index < -0.39 is 35.6 Å². The maximum atomic E-state index is 13.2. The van der Waals surface area contributed by atoms with Gasteiger partial charge in [-0.15, -0.1) is 6.42 Å². The normalized spacial score (nSPS) is 12.5. The molecule has 0 aliphatic carbocycles. The number of alkyl carbamates (subject to hydrolysis) is 1. The second-order valence-corrected chi connectivity index (χ2v) is 8.31. The van der Waals surface area contributed by atoms with E-state index >= 15 is 0 Å². The molecule has 3 amide bonds. The van der Waals surface area contributed by atoms with Crippen LogP contribution in [0.2, 0.25) is 0 Å². The van der Waals surface area contributed by atoms with Crippen molar-refractivity contribution in [3.8, 4) is 18.4 Å². The van der Waals surface area contributed by atoms with Crippen molar-refractivity contribution in [2.24, 2.45) is 0 Å². The molecule has 2 atom stereocenters. The van der Waals surface area contributed by atoms with E-state index in [9.17, 15) is 19.6 Å². The average Bonchev–Trinajstić information content (AvgIpc) is 2.72. The molecule has 0 aliphatic heterocycles. The molecule has 0 saturated carbocycles. The molecular formula is C24H32N4O4. The van der Waals surface area contributed by atoms with Gasteiger partial charge in [-0.25, -0.2) is 4.79 Å². The number of unbranched alkanes of at least 4 members (excludes halogenated alkanes) is 1. The number of hydrogen-bond donors (Lipinski definition) is 2. The van der Waals surface area contributed by atoms with Crippen LogP contribution in [-0.4, -0.2) is 47.5 Å². The van der Waals surface area contributed by atoms with Crippen LogP contribution in [0.25, 0.3) is 0 Å². The fourth-order valence-electron chi connectivity index (χ4n) is 2.89. The van der Waals surface area contributed by atoms with Gasteiger partial charge in [-0.05, 0) is 51.8 Å². The number of nitriles is 1. The Bertz CT molecular complexity index is 875. The van der Waals surface area contributed by atoms with Crippen molar-refractivity contribution >= 4 is 17.9 Å². The summed E-state index contributed by atoms with van der Waals surface area (Å²) in [5.41, 5.74) is 0.391. The van der Waals surface area contributed by atoms with Gasteiger partial charge in [0.25, 0.3) is 0 Å². The molecule has 0 aromatic heterocycles. The van der Waals surface area contributed by atoms with E-state index in [0.29, 0.717) is 17.7 Å². The minimum atomic E-state index is -1.06. The molecular weight excluding hydrogens is 408 g/mol. The van der Waals surface area contributed by atoms with Crippen molar-refractivity contribution < 1.29 is 19.1 Å². The molecule has 2 unspecified atom stereocenters. The molecule has 0 saturated heterocycles. The van der Waals surface area contributed by atoms with Crippen molar-refractivity contribution in [2.45, 2.75) is 65.1 Å². The first kappa shape index (κ1) is 26.5. The second kappa shape index (κ2) is 12.4. The Hall–Kier alpha value is -3.52. The molecule has 1 aromatic carbocycles. The summed E-state index contributed by atoms with van der Waals surface area (Å²) in [6.45, 7) is 8.69. The summed E-state index contributed by atoms with van der Waals surface area (Å²) in [5, 5.41) is 14.7. The van der Waals surface area contributed by atoms with Crippen LogP contribution in [0.1, 0.15) is 64.6 Å². The third-order valence-corrected chi connectivity index (χ3v) is 4.41. The van der Waals surface area contributed by atoms with Crippen molar-refractivity contribution in [2.75, 3.05) is 13.1 Å². The summed E-state index contributed by atoms with van der Waals surface area (Å²) in [4.78, 5) is 39.5. The van der Waals surface area contributed by atoms with Crippen LogP contribution >= 0.6 is 0 Å². The minimum Gasteiger partial charge on any atom is -0.444 e. The Kier molecular flexibility index (Phi) is 10.2. The van der Waals surface area contributed by atoms with E-state index in [4.69, 9.17) is 11.2 Å². The number of rotatable bonds is 9.